The number of carbonyl (C=O) groups is 4. The summed E-state index contributed by atoms with van der Waals surface area (Å²) in [5.74, 6) is -2.02. The van der Waals surface area contributed by atoms with E-state index in [1.807, 2.05) is 0 Å². The van der Waals surface area contributed by atoms with Crippen molar-refractivity contribution < 1.29 is 29.0 Å². The van der Waals surface area contributed by atoms with Crippen LogP contribution < -0.4 is 5.32 Å². The molecule has 1 aromatic rings. The second-order valence-corrected chi connectivity index (χ2v) is 6.46. The molecule has 1 aliphatic heterocycles. The Kier molecular flexibility index (Phi) is 6.27. The number of hydrogen-bond acceptors (Lipinski definition) is 7. The fourth-order valence-electron chi connectivity index (χ4n) is 1.99. The van der Waals surface area contributed by atoms with Crippen molar-refractivity contribution in [1.29, 1.82) is 0 Å². The summed E-state index contributed by atoms with van der Waals surface area (Å²) in [6.07, 6.45) is -1.12. The Labute approximate surface area is 152 Å². The number of halogens is 1. The van der Waals surface area contributed by atoms with Crippen LogP contribution in [0.15, 0.2) is 18.2 Å². The van der Waals surface area contributed by atoms with Gasteiger partial charge in [-0.1, -0.05) is 23.4 Å². The monoisotopic (exact) mass is 386 g/mol. The van der Waals surface area contributed by atoms with E-state index in [0.717, 1.165) is 16.7 Å². The van der Waals surface area contributed by atoms with Crippen LogP contribution in [0.3, 0.4) is 0 Å². The predicted octanol–water partition coefficient (Wildman–Crippen LogP) is 1.40. The molecule has 2 rings (SSSR count). The number of nitrogens with one attached hydrogen (secondary N) is 1. The van der Waals surface area contributed by atoms with Crippen molar-refractivity contribution in [2.45, 2.75) is 13.0 Å². The molecule has 8 nitrogen and oxygen atoms in total. The highest BCUT2D eigenvalue weighted by atomic mass is 35.5. The number of phenols is 1. The van der Waals surface area contributed by atoms with Gasteiger partial charge in [0.15, 0.2) is 6.10 Å². The Hall–Kier alpha value is -2.26. The van der Waals surface area contributed by atoms with Crippen LogP contribution in [0.4, 0.5) is 4.79 Å². The van der Waals surface area contributed by atoms with Gasteiger partial charge >= 0.3 is 5.97 Å². The zero-order valence-electron chi connectivity index (χ0n) is 13.2. The predicted molar refractivity (Wildman–Crippen MR) is 90.6 cm³/mol. The van der Waals surface area contributed by atoms with Gasteiger partial charge < -0.3 is 15.2 Å². The highest BCUT2D eigenvalue weighted by Crippen LogP contribution is 2.23. The molecule has 2 N–H and O–H groups in total. The number of nitrogens with zero attached hydrogens (tertiary/aromatic N) is 1. The Morgan fingerprint density at radius 2 is 2.16 bits per heavy atom. The fourth-order valence-corrected chi connectivity index (χ4v) is 2.90. The van der Waals surface area contributed by atoms with Crippen molar-refractivity contribution in [3.8, 4) is 5.75 Å². The van der Waals surface area contributed by atoms with E-state index in [9.17, 15) is 24.3 Å². The van der Waals surface area contributed by atoms with Crippen LogP contribution in [0, 0.1) is 0 Å². The lowest BCUT2D eigenvalue weighted by Crippen LogP contribution is -2.41. The highest BCUT2D eigenvalue weighted by molar-refractivity contribution is 8.14. The molecular weight excluding hydrogens is 372 g/mol. The molecule has 0 aromatic heterocycles. The third-order valence-electron chi connectivity index (χ3n) is 3.31. The van der Waals surface area contributed by atoms with Gasteiger partial charge in [-0.15, -0.1) is 0 Å². The molecule has 1 atom stereocenters. The molecule has 134 valence electrons. The van der Waals surface area contributed by atoms with Crippen molar-refractivity contribution in [1.82, 2.24) is 10.2 Å². The maximum atomic E-state index is 12.0. The number of benzene rings is 1. The first-order valence-electron chi connectivity index (χ1n) is 7.24. The molecule has 25 heavy (non-hydrogen) atoms. The third kappa shape index (κ3) is 4.86. The maximum absolute atomic E-state index is 12.0. The molecule has 0 bridgehead atoms. The Morgan fingerprint density at radius 3 is 2.76 bits per heavy atom. The molecule has 1 aliphatic rings. The molecule has 0 aliphatic carbocycles. The SMILES string of the molecule is C[C@H](OC(=O)c1ccc(Cl)cc1O)C(=O)NCCN1C(=O)CSC1=O. The lowest BCUT2D eigenvalue weighted by Gasteiger charge is -2.16. The highest BCUT2D eigenvalue weighted by Gasteiger charge is 2.29. The van der Waals surface area contributed by atoms with Crippen LogP contribution in [-0.4, -0.2) is 58.0 Å². The van der Waals surface area contributed by atoms with Crippen LogP contribution in [-0.2, 0) is 14.3 Å². The Morgan fingerprint density at radius 1 is 1.44 bits per heavy atom. The van der Waals surface area contributed by atoms with Gasteiger partial charge in [0.1, 0.15) is 11.3 Å². The normalized spacial score (nSPS) is 15.2. The van der Waals surface area contributed by atoms with Gasteiger partial charge in [-0.3, -0.25) is 19.3 Å². The molecule has 0 radical (unpaired) electrons. The Balaban J connectivity index is 1.82. The summed E-state index contributed by atoms with van der Waals surface area (Å²) >= 11 is 6.59. The molecule has 0 saturated carbocycles. The van der Waals surface area contributed by atoms with Gasteiger partial charge in [0.05, 0.1) is 5.75 Å². The lowest BCUT2D eigenvalue weighted by atomic mass is 10.2. The van der Waals surface area contributed by atoms with Gasteiger partial charge in [-0.25, -0.2) is 4.79 Å². The van der Waals surface area contributed by atoms with Gasteiger partial charge in [0, 0.05) is 18.1 Å². The number of carbonyl (C=O) groups excluding carboxylic acids is 4. The minimum Gasteiger partial charge on any atom is -0.507 e. The average molecular weight is 387 g/mol. The van der Waals surface area contributed by atoms with Gasteiger partial charge in [-0.05, 0) is 25.1 Å². The van der Waals surface area contributed by atoms with Gasteiger partial charge in [0.25, 0.3) is 11.1 Å². The van der Waals surface area contributed by atoms with Crippen molar-refractivity contribution in [3.63, 3.8) is 0 Å². The summed E-state index contributed by atoms with van der Waals surface area (Å²) < 4.78 is 4.98. The summed E-state index contributed by atoms with van der Waals surface area (Å²) in [5, 5.41) is 12.0. The standard InChI is InChI=1S/C15H15ClN2O6S/c1-8(24-14(22)10-3-2-9(16)6-11(10)19)13(21)17-4-5-18-12(20)7-25-15(18)23/h2-3,6,8,19H,4-5,7H2,1H3,(H,17,21)/t8-/m0/s1. The van der Waals surface area contributed by atoms with Gasteiger partial charge in [-0.2, -0.15) is 0 Å². The molecule has 1 fully saturated rings. The first kappa shape index (κ1) is 19.1. The summed E-state index contributed by atoms with van der Waals surface area (Å²) in [5.41, 5.74) is -0.116. The first-order valence-corrected chi connectivity index (χ1v) is 8.60. The van der Waals surface area contributed by atoms with E-state index in [0.29, 0.717) is 0 Å². The number of ether oxygens (including phenoxy) is 1. The number of esters is 1. The molecule has 1 aromatic carbocycles. The largest absolute Gasteiger partial charge is 0.507 e. The van der Waals surface area contributed by atoms with Gasteiger partial charge in [0.2, 0.25) is 5.91 Å². The molecule has 1 saturated heterocycles. The van der Waals surface area contributed by atoms with E-state index in [1.54, 1.807) is 0 Å². The maximum Gasteiger partial charge on any atom is 0.342 e. The number of amides is 3. The van der Waals surface area contributed by atoms with Crippen molar-refractivity contribution in [2.75, 3.05) is 18.8 Å². The molecule has 3 amide bonds. The van der Waals surface area contributed by atoms with E-state index in [2.05, 4.69) is 5.32 Å². The summed E-state index contributed by atoms with van der Waals surface area (Å²) in [7, 11) is 0. The van der Waals surface area contributed by atoms with Crippen LogP contribution in [0.25, 0.3) is 0 Å². The number of hydrogen-bond donors (Lipinski definition) is 2. The quantitative estimate of drug-likeness (QED) is 0.710. The molecule has 0 spiro atoms. The minimum absolute atomic E-state index is 0.0466. The van der Waals surface area contributed by atoms with Crippen molar-refractivity contribution >= 4 is 46.4 Å². The number of thioether (sulfide) groups is 1. The number of phenolic OH excluding ortho intramolecular Hbond substituents is 1. The summed E-state index contributed by atoms with van der Waals surface area (Å²) in [4.78, 5) is 47.8. The molecular formula is C15H15ClN2O6S. The van der Waals surface area contributed by atoms with E-state index in [-0.39, 0.29) is 46.3 Å². The second-order valence-electron chi connectivity index (χ2n) is 5.10. The first-order chi connectivity index (χ1) is 11.8. The fraction of sp³-hybridized carbons (Fsp3) is 0.333. The summed E-state index contributed by atoms with van der Waals surface area (Å²) in [6.45, 7) is 1.46. The van der Waals surface area contributed by atoms with E-state index < -0.39 is 18.0 Å². The zero-order valence-corrected chi connectivity index (χ0v) is 14.7. The zero-order chi connectivity index (χ0) is 18.6. The van der Waals surface area contributed by atoms with Crippen molar-refractivity contribution in [3.05, 3.63) is 28.8 Å². The third-order valence-corrected chi connectivity index (χ3v) is 4.40. The van der Waals surface area contributed by atoms with Crippen LogP contribution in [0.2, 0.25) is 5.02 Å². The smallest absolute Gasteiger partial charge is 0.342 e. The average Bonchev–Trinajstić information content (AvgIpc) is 2.86. The van der Waals surface area contributed by atoms with Crippen LogP contribution in [0.5, 0.6) is 5.75 Å². The van der Waals surface area contributed by atoms with Crippen molar-refractivity contribution in [2.24, 2.45) is 0 Å². The summed E-state index contributed by atoms with van der Waals surface area (Å²) in [6, 6.07) is 3.88. The van der Waals surface area contributed by atoms with E-state index in [4.69, 9.17) is 16.3 Å². The number of aromatic hydroxyl groups is 1. The molecule has 10 heteroatoms. The molecule has 0 unspecified atom stereocenters. The lowest BCUT2D eigenvalue weighted by molar-refractivity contribution is -0.130. The van der Waals surface area contributed by atoms with Crippen LogP contribution >= 0.6 is 23.4 Å². The Bertz CT molecular complexity index is 710. The number of rotatable bonds is 6. The molecule has 1 heterocycles. The second kappa shape index (κ2) is 8.21. The van der Waals surface area contributed by atoms with E-state index >= 15 is 0 Å². The van der Waals surface area contributed by atoms with E-state index in [1.165, 1.54) is 25.1 Å². The van der Waals surface area contributed by atoms with Crippen LogP contribution in [0.1, 0.15) is 17.3 Å². The minimum atomic E-state index is -1.12. The topological polar surface area (TPSA) is 113 Å². The number of imide groups is 1.